The van der Waals surface area contributed by atoms with Crippen LogP contribution in [-0.2, 0) is 0 Å². The van der Waals surface area contributed by atoms with Gasteiger partial charge in [-0.1, -0.05) is 36.4 Å². The van der Waals surface area contributed by atoms with Gasteiger partial charge in [-0.05, 0) is 24.6 Å². The Morgan fingerprint density at radius 3 is 2.63 bits per heavy atom. The second-order valence-corrected chi connectivity index (χ2v) is 7.00. The summed E-state index contributed by atoms with van der Waals surface area (Å²) in [5, 5.41) is 8.79. The predicted molar refractivity (Wildman–Crippen MR) is 121 cm³/mol. The number of fused-ring (bicyclic) bond motifs is 2. The van der Waals surface area contributed by atoms with Crippen LogP contribution in [0.25, 0.3) is 33.2 Å². The van der Waals surface area contributed by atoms with E-state index in [1.165, 1.54) is 5.56 Å². The molecule has 0 aliphatic rings. The third-order valence-corrected chi connectivity index (χ3v) is 5.27. The molecule has 1 atom stereocenters. The number of aromatic amines is 1. The fraction of sp³-hybridized carbons (Fsp3) is 0.136. The zero-order valence-electron chi connectivity index (χ0n) is 16.5. The highest BCUT2D eigenvalue weighted by Crippen LogP contribution is 2.28. The van der Waals surface area contributed by atoms with Crippen LogP contribution in [0.2, 0.25) is 0 Å². The number of anilines is 1. The van der Waals surface area contributed by atoms with Gasteiger partial charge in [0.15, 0.2) is 5.65 Å². The molecule has 7 nitrogen and oxygen atoms in total. The van der Waals surface area contributed by atoms with Crippen LogP contribution >= 0.6 is 12.4 Å². The second kappa shape index (κ2) is 8.04. The van der Waals surface area contributed by atoms with E-state index in [-0.39, 0.29) is 18.4 Å². The number of hydrogen-bond acceptors (Lipinski definition) is 6. The second-order valence-electron chi connectivity index (χ2n) is 7.00. The highest BCUT2D eigenvalue weighted by atomic mass is 35.5. The van der Waals surface area contributed by atoms with E-state index in [0.717, 1.165) is 33.2 Å². The molecule has 1 N–H and O–H groups in total. The van der Waals surface area contributed by atoms with E-state index < -0.39 is 0 Å². The van der Waals surface area contributed by atoms with Crippen molar-refractivity contribution in [1.29, 1.82) is 0 Å². The molecular weight excluding hydrogens is 398 g/mol. The van der Waals surface area contributed by atoms with Crippen molar-refractivity contribution in [1.82, 2.24) is 30.1 Å². The standard InChI is InChI=1S/C22H19N7.ClH/c1-14(15-6-4-3-5-7-15)29(2)22-23-11-17-10-16(8-9-19(17)27-22)20-18-12-26-28-21(18)25-13-24-20;/h3-14H,1-2H3,(H,24,25,26,28);1H/t14-;/m1./s1. The number of nitrogens with one attached hydrogen (secondary N) is 1. The monoisotopic (exact) mass is 417 g/mol. The molecule has 0 amide bonds. The molecule has 3 heterocycles. The highest BCUT2D eigenvalue weighted by molar-refractivity contribution is 5.93. The number of hydrogen-bond donors (Lipinski definition) is 1. The molecule has 0 saturated carbocycles. The van der Waals surface area contributed by atoms with Crippen molar-refractivity contribution in [3.8, 4) is 11.3 Å². The molecule has 8 heteroatoms. The van der Waals surface area contributed by atoms with Crippen molar-refractivity contribution in [2.24, 2.45) is 0 Å². The number of halogens is 1. The first kappa shape index (κ1) is 19.7. The predicted octanol–water partition coefficient (Wildman–Crippen LogP) is 4.58. The Labute approximate surface area is 179 Å². The maximum Gasteiger partial charge on any atom is 0.226 e. The van der Waals surface area contributed by atoms with E-state index in [1.807, 2.05) is 43.6 Å². The third-order valence-electron chi connectivity index (χ3n) is 5.27. The molecule has 0 spiro atoms. The van der Waals surface area contributed by atoms with Gasteiger partial charge in [-0.2, -0.15) is 5.10 Å². The molecule has 0 aliphatic carbocycles. The molecule has 30 heavy (non-hydrogen) atoms. The van der Waals surface area contributed by atoms with Gasteiger partial charge in [-0.3, -0.25) is 5.10 Å². The summed E-state index contributed by atoms with van der Waals surface area (Å²) in [5.41, 5.74) is 4.65. The van der Waals surface area contributed by atoms with E-state index in [9.17, 15) is 0 Å². The van der Waals surface area contributed by atoms with Gasteiger partial charge < -0.3 is 4.90 Å². The minimum atomic E-state index is 0. The Hall–Kier alpha value is -3.58. The zero-order valence-corrected chi connectivity index (χ0v) is 17.3. The number of aromatic nitrogens is 6. The first-order chi connectivity index (χ1) is 14.2. The van der Waals surface area contributed by atoms with Crippen LogP contribution < -0.4 is 4.90 Å². The minimum absolute atomic E-state index is 0. The van der Waals surface area contributed by atoms with Gasteiger partial charge in [0, 0.05) is 24.2 Å². The van der Waals surface area contributed by atoms with E-state index in [4.69, 9.17) is 4.98 Å². The molecule has 0 radical (unpaired) electrons. The van der Waals surface area contributed by atoms with Gasteiger partial charge in [0.25, 0.3) is 0 Å². The van der Waals surface area contributed by atoms with Crippen LogP contribution in [0.3, 0.4) is 0 Å². The van der Waals surface area contributed by atoms with Crippen LogP contribution in [0.4, 0.5) is 5.95 Å². The molecule has 0 bridgehead atoms. The smallest absolute Gasteiger partial charge is 0.226 e. The van der Waals surface area contributed by atoms with Crippen molar-refractivity contribution < 1.29 is 0 Å². The number of nitrogens with zero attached hydrogens (tertiary/aromatic N) is 6. The summed E-state index contributed by atoms with van der Waals surface area (Å²) in [6.45, 7) is 2.15. The van der Waals surface area contributed by atoms with Gasteiger partial charge in [0.1, 0.15) is 6.33 Å². The Kier molecular flexibility index (Phi) is 5.29. The molecule has 2 aromatic carbocycles. The zero-order chi connectivity index (χ0) is 19.8. The normalized spacial score (nSPS) is 11.9. The largest absolute Gasteiger partial charge is 0.337 e. The van der Waals surface area contributed by atoms with Gasteiger partial charge in [0.2, 0.25) is 5.95 Å². The van der Waals surface area contributed by atoms with E-state index in [1.54, 1.807) is 12.5 Å². The Morgan fingerprint density at radius 1 is 0.967 bits per heavy atom. The van der Waals surface area contributed by atoms with Gasteiger partial charge in [-0.25, -0.2) is 19.9 Å². The number of benzene rings is 2. The first-order valence-electron chi connectivity index (χ1n) is 9.40. The summed E-state index contributed by atoms with van der Waals surface area (Å²) < 4.78 is 0. The van der Waals surface area contributed by atoms with Crippen LogP contribution in [-0.4, -0.2) is 37.2 Å². The van der Waals surface area contributed by atoms with Crippen LogP contribution in [0, 0.1) is 0 Å². The lowest BCUT2D eigenvalue weighted by Gasteiger charge is -2.25. The molecule has 0 saturated heterocycles. The molecule has 150 valence electrons. The van der Waals surface area contributed by atoms with Crippen molar-refractivity contribution in [3.05, 3.63) is 72.8 Å². The summed E-state index contributed by atoms with van der Waals surface area (Å²) >= 11 is 0. The van der Waals surface area contributed by atoms with E-state index in [2.05, 4.69) is 55.2 Å². The van der Waals surface area contributed by atoms with Crippen LogP contribution in [0.1, 0.15) is 18.5 Å². The lowest BCUT2D eigenvalue weighted by Crippen LogP contribution is -2.23. The fourth-order valence-electron chi connectivity index (χ4n) is 3.46. The summed E-state index contributed by atoms with van der Waals surface area (Å²) in [4.78, 5) is 20.1. The topological polar surface area (TPSA) is 83.5 Å². The van der Waals surface area contributed by atoms with E-state index >= 15 is 0 Å². The van der Waals surface area contributed by atoms with Crippen LogP contribution in [0.5, 0.6) is 0 Å². The molecule has 0 aliphatic heterocycles. The Morgan fingerprint density at radius 2 is 1.80 bits per heavy atom. The first-order valence-corrected chi connectivity index (χ1v) is 9.40. The molecule has 5 aromatic rings. The van der Waals surface area contributed by atoms with E-state index in [0.29, 0.717) is 5.95 Å². The summed E-state index contributed by atoms with van der Waals surface area (Å²) in [6, 6.07) is 16.6. The van der Waals surface area contributed by atoms with Crippen molar-refractivity contribution in [2.75, 3.05) is 11.9 Å². The Balaban J connectivity index is 0.00000218. The molecule has 0 fully saturated rings. The number of rotatable bonds is 4. The van der Waals surface area contributed by atoms with Gasteiger partial charge in [-0.15, -0.1) is 12.4 Å². The fourth-order valence-corrected chi connectivity index (χ4v) is 3.46. The average Bonchev–Trinajstić information content (AvgIpc) is 3.27. The highest BCUT2D eigenvalue weighted by Gasteiger charge is 2.15. The lowest BCUT2D eigenvalue weighted by atomic mass is 10.1. The summed E-state index contributed by atoms with van der Waals surface area (Å²) in [5.74, 6) is 0.695. The molecule has 0 unspecified atom stereocenters. The lowest BCUT2D eigenvalue weighted by molar-refractivity contribution is 0.717. The van der Waals surface area contributed by atoms with Crippen molar-refractivity contribution in [2.45, 2.75) is 13.0 Å². The number of H-pyrrole nitrogens is 1. The SMILES string of the molecule is C[C@H](c1ccccc1)N(C)c1ncc2cc(-c3ncnc4[nH]ncc34)ccc2n1.Cl. The Bertz CT molecular complexity index is 1300. The quantitative estimate of drug-likeness (QED) is 0.460. The third kappa shape index (κ3) is 3.44. The van der Waals surface area contributed by atoms with Gasteiger partial charge >= 0.3 is 0 Å². The van der Waals surface area contributed by atoms with Gasteiger partial charge in [0.05, 0.1) is 28.8 Å². The minimum Gasteiger partial charge on any atom is -0.337 e. The van der Waals surface area contributed by atoms with Crippen LogP contribution in [0.15, 0.2) is 67.3 Å². The molecule has 3 aromatic heterocycles. The summed E-state index contributed by atoms with van der Waals surface area (Å²) in [6.07, 6.45) is 5.15. The van der Waals surface area contributed by atoms with Crippen molar-refractivity contribution >= 4 is 40.3 Å². The average molecular weight is 418 g/mol. The van der Waals surface area contributed by atoms with Crippen molar-refractivity contribution in [3.63, 3.8) is 0 Å². The summed E-state index contributed by atoms with van der Waals surface area (Å²) in [7, 11) is 2.02. The molecule has 5 rings (SSSR count). The maximum atomic E-state index is 4.77. The molecular formula is C22H20ClN7. The maximum absolute atomic E-state index is 4.77.